The fraction of sp³-hybridized carbons (Fsp3) is 0.400. The van der Waals surface area contributed by atoms with Crippen LogP contribution in [-0.2, 0) is 4.74 Å². The van der Waals surface area contributed by atoms with Crippen LogP contribution in [0.15, 0.2) is 42.5 Å². The van der Waals surface area contributed by atoms with Crippen LogP contribution in [0.4, 0.5) is 0 Å². The summed E-state index contributed by atoms with van der Waals surface area (Å²) in [6.45, 7) is 3.85. The first kappa shape index (κ1) is 17.7. The first-order valence-electron chi connectivity index (χ1n) is 8.52. The molecule has 1 aliphatic heterocycles. The van der Waals surface area contributed by atoms with Crippen LogP contribution in [0, 0.1) is 0 Å². The Morgan fingerprint density at radius 2 is 1.76 bits per heavy atom. The van der Waals surface area contributed by atoms with Crippen LogP contribution >= 0.6 is 0 Å². The van der Waals surface area contributed by atoms with Gasteiger partial charge in [0.2, 0.25) is 0 Å². The normalized spacial score (nSPS) is 16.4. The zero-order valence-electron chi connectivity index (χ0n) is 14.8. The summed E-state index contributed by atoms with van der Waals surface area (Å²) in [6, 6.07) is 13.8. The highest BCUT2D eigenvalue weighted by molar-refractivity contribution is 5.74. The molecule has 0 amide bonds. The van der Waals surface area contributed by atoms with Crippen LogP contribution in [0.25, 0.3) is 11.1 Å². The molecule has 2 aromatic rings. The van der Waals surface area contributed by atoms with Crippen molar-refractivity contribution in [3.05, 3.63) is 48.0 Å². The topological polar surface area (TPSA) is 51.2 Å². The number of para-hydroxylation sites is 1. The Bertz CT molecular complexity index is 681. The minimum Gasteiger partial charge on any atom is -0.493 e. The predicted octanol–water partition coefficient (Wildman–Crippen LogP) is 2.74. The van der Waals surface area contributed by atoms with Crippen molar-refractivity contribution in [1.82, 2.24) is 4.90 Å². The second-order valence-electron chi connectivity index (χ2n) is 6.09. The second-order valence-corrected chi connectivity index (χ2v) is 6.09. The van der Waals surface area contributed by atoms with Crippen molar-refractivity contribution in [2.24, 2.45) is 0 Å². The van der Waals surface area contributed by atoms with Crippen molar-refractivity contribution < 1.29 is 19.3 Å². The molecule has 1 atom stereocenters. The third-order valence-corrected chi connectivity index (χ3v) is 4.54. The molecule has 1 saturated heterocycles. The van der Waals surface area contributed by atoms with Gasteiger partial charge in [-0.2, -0.15) is 0 Å². The summed E-state index contributed by atoms with van der Waals surface area (Å²) in [5, 5.41) is 10.5. The number of ether oxygens (including phenoxy) is 3. The molecule has 2 aromatic carbocycles. The summed E-state index contributed by atoms with van der Waals surface area (Å²) in [5.74, 6) is 1.42. The van der Waals surface area contributed by atoms with Crippen LogP contribution in [0.5, 0.6) is 11.5 Å². The molecule has 5 nitrogen and oxygen atoms in total. The third-order valence-electron chi connectivity index (χ3n) is 4.54. The number of rotatable bonds is 6. The van der Waals surface area contributed by atoms with Gasteiger partial charge in [-0.25, -0.2) is 0 Å². The Hall–Kier alpha value is -2.08. The number of β-amino-alcohol motifs (C(OH)–C–C–N with tert-alkyl or cyclic N) is 1. The Labute approximate surface area is 148 Å². The number of methoxy groups -OCH3 is 2. The van der Waals surface area contributed by atoms with E-state index >= 15 is 0 Å². The van der Waals surface area contributed by atoms with Crippen molar-refractivity contribution in [3.63, 3.8) is 0 Å². The van der Waals surface area contributed by atoms with Gasteiger partial charge in [-0.15, -0.1) is 0 Å². The quantitative estimate of drug-likeness (QED) is 0.874. The van der Waals surface area contributed by atoms with Gasteiger partial charge in [-0.1, -0.05) is 36.4 Å². The molecule has 0 radical (unpaired) electrons. The van der Waals surface area contributed by atoms with E-state index in [1.807, 2.05) is 42.5 Å². The number of morpholine rings is 1. The zero-order valence-corrected chi connectivity index (χ0v) is 14.8. The summed E-state index contributed by atoms with van der Waals surface area (Å²) in [4.78, 5) is 2.23. The standard InChI is InChI=1S/C20H25NO4/c1-23-19-5-3-4-17(20(19)24-2)15-6-8-16(9-7-15)18(22)14-21-10-12-25-13-11-21/h3-9,18,22H,10-14H2,1-2H3/t18-/m1/s1. The zero-order chi connectivity index (χ0) is 17.6. The third kappa shape index (κ3) is 4.12. The summed E-state index contributed by atoms with van der Waals surface area (Å²) in [5.41, 5.74) is 2.91. The molecule has 3 rings (SSSR count). The van der Waals surface area contributed by atoms with E-state index in [-0.39, 0.29) is 0 Å². The van der Waals surface area contributed by atoms with Crippen molar-refractivity contribution >= 4 is 0 Å². The van der Waals surface area contributed by atoms with Crippen molar-refractivity contribution in [1.29, 1.82) is 0 Å². The molecule has 0 bridgehead atoms. The highest BCUT2D eigenvalue weighted by atomic mass is 16.5. The molecule has 1 heterocycles. The van der Waals surface area contributed by atoms with Crippen LogP contribution < -0.4 is 9.47 Å². The number of aliphatic hydroxyl groups is 1. The molecule has 0 aromatic heterocycles. The van der Waals surface area contributed by atoms with Crippen LogP contribution in [0.3, 0.4) is 0 Å². The number of aliphatic hydroxyl groups excluding tert-OH is 1. The van der Waals surface area contributed by atoms with Gasteiger partial charge in [0.05, 0.1) is 33.5 Å². The van der Waals surface area contributed by atoms with Crippen LogP contribution in [-0.4, -0.2) is 57.1 Å². The first-order chi connectivity index (χ1) is 12.2. The highest BCUT2D eigenvalue weighted by Gasteiger charge is 2.17. The molecular formula is C20H25NO4. The molecule has 0 saturated carbocycles. The van der Waals surface area contributed by atoms with Gasteiger partial charge in [0.1, 0.15) is 0 Å². The molecule has 1 N–H and O–H groups in total. The SMILES string of the molecule is COc1cccc(-c2ccc([C@H](O)CN3CCOCC3)cc2)c1OC. The largest absolute Gasteiger partial charge is 0.493 e. The van der Waals surface area contributed by atoms with Gasteiger partial charge in [-0.3, -0.25) is 4.90 Å². The minimum atomic E-state index is -0.501. The molecule has 0 aliphatic carbocycles. The van der Waals surface area contributed by atoms with Crippen molar-refractivity contribution in [2.75, 3.05) is 47.1 Å². The lowest BCUT2D eigenvalue weighted by Crippen LogP contribution is -2.38. The van der Waals surface area contributed by atoms with Gasteiger partial charge in [0, 0.05) is 25.2 Å². The number of nitrogens with zero attached hydrogens (tertiary/aromatic N) is 1. The lowest BCUT2D eigenvalue weighted by Gasteiger charge is -2.28. The molecule has 0 unspecified atom stereocenters. The second kappa shape index (κ2) is 8.34. The van der Waals surface area contributed by atoms with E-state index in [2.05, 4.69) is 4.90 Å². The smallest absolute Gasteiger partial charge is 0.168 e. The van der Waals surface area contributed by atoms with Gasteiger partial charge < -0.3 is 19.3 Å². The van der Waals surface area contributed by atoms with E-state index in [9.17, 15) is 5.11 Å². The lowest BCUT2D eigenvalue weighted by atomic mass is 10.0. The predicted molar refractivity (Wildman–Crippen MR) is 97.2 cm³/mol. The maximum atomic E-state index is 10.5. The molecule has 0 spiro atoms. The van der Waals surface area contributed by atoms with Gasteiger partial charge in [0.15, 0.2) is 11.5 Å². The Balaban J connectivity index is 1.76. The number of benzene rings is 2. The monoisotopic (exact) mass is 343 g/mol. The van der Waals surface area contributed by atoms with E-state index < -0.39 is 6.10 Å². The average molecular weight is 343 g/mol. The Morgan fingerprint density at radius 1 is 1.04 bits per heavy atom. The summed E-state index contributed by atoms with van der Waals surface area (Å²) in [7, 11) is 3.27. The lowest BCUT2D eigenvalue weighted by molar-refractivity contribution is 0.0143. The maximum Gasteiger partial charge on any atom is 0.168 e. The summed E-state index contributed by atoms with van der Waals surface area (Å²) >= 11 is 0. The maximum absolute atomic E-state index is 10.5. The number of hydrogen-bond acceptors (Lipinski definition) is 5. The number of hydrogen-bond donors (Lipinski definition) is 1. The van der Waals surface area contributed by atoms with Gasteiger partial charge >= 0.3 is 0 Å². The molecule has 134 valence electrons. The fourth-order valence-corrected chi connectivity index (χ4v) is 3.13. The highest BCUT2D eigenvalue weighted by Crippen LogP contribution is 2.38. The molecule has 5 heteroatoms. The Morgan fingerprint density at radius 3 is 2.40 bits per heavy atom. The fourth-order valence-electron chi connectivity index (χ4n) is 3.13. The van der Waals surface area contributed by atoms with E-state index in [0.29, 0.717) is 18.0 Å². The first-order valence-corrected chi connectivity index (χ1v) is 8.52. The van der Waals surface area contributed by atoms with Crippen LogP contribution in [0.1, 0.15) is 11.7 Å². The summed E-state index contributed by atoms with van der Waals surface area (Å²) in [6.07, 6.45) is -0.501. The van der Waals surface area contributed by atoms with Gasteiger partial charge in [0.25, 0.3) is 0 Å². The summed E-state index contributed by atoms with van der Waals surface area (Å²) < 4.78 is 16.2. The van der Waals surface area contributed by atoms with E-state index in [4.69, 9.17) is 14.2 Å². The molecule has 25 heavy (non-hydrogen) atoms. The molecule has 1 aliphatic rings. The Kier molecular flexibility index (Phi) is 5.91. The van der Waals surface area contributed by atoms with E-state index in [1.54, 1.807) is 14.2 Å². The van der Waals surface area contributed by atoms with Crippen molar-refractivity contribution in [2.45, 2.75) is 6.10 Å². The van der Waals surface area contributed by atoms with Crippen molar-refractivity contribution in [3.8, 4) is 22.6 Å². The molecule has 1 fully saturated rings. The van der Waals surface area contributed by atoms with Gasteiger partial charge in [-0.05, 0) is 17.2 Å². The van der Waals surface area contributed by atoms with E-state index in [0.717, 1.165) is 43.0 Å². The minimum absolute atomic E-state index is 0.501. The average Bonchev–Trinajstić information content (AvgIpc) is 2.68. The molecular weight excluding hydrogens is 318 g/mol. The van der Waals surface area contributed by atoms with E-state index in [1.165, 1.54) is 0 Å². The van der Waals surface area contributed by atoms with Crippen LogP contribution in [0.2, 0.25) is 0 Å².